The van der Waals surface area contributed by atoms with Gasteiger partial charge in [0, 0.05) is 48.9 Å². The van der Waals surface area contributed by atoms with Gasteiger partial charge in [0.1, 0.15) is 5.82 Å². The van der Waals surface area contributed by atoms with Gasteiger partial charge in [-0.3, -0.25) is 9.69 Å². The van der Waals surface area contributed by atoms with Crippen molar-refractivity contribution in [2.24, 2.45) is 11.8 Å². The van der Waals surface area contributed by atoms with Crippen LogP contribution in [0.4, 0.5) is 0 Å². The molecule has 4 heterocycles. The number of rotatable bonds is 5. The molecule has 6 nitrogen and oxygen atoms in total. The first-order valence-corrected chi connectivity index (χ1v) is 11.0. The zero-order chi connectivity index (χ0) is 19.8. The summed E-state index contributed by atoms with van der Waals surface area (Å²) < 4.78 is 2.04. The highest BCUT2D eigenvalue weighted by molar-refractivity contribution is 7.11. The molecular weight excluding hydrogens is 382 g/mol. The summed E-state index contributed by atoms with van der Waals surface area (Å²) in [5.41, 5.74) is 1.08. The number of carbonyl (C=O) groups excluding carboxylic acids is 1. The molecule has 1 N–H and O–H groups in total. The van der Waals surface area contributed by atoms with Crippen molar-refractivity contribution < 1.29 is 4.79 Å². The maximum absolute atomic E-state index is 12.7. The molecule has 1 aromatic carbocycles. The number of amides is 1. The second-order valence-electron chi connectivity index (χ2n) is 8.15. The molecule has 0 radical (unpaired) electrons. The predicted octanol–water partition coefficient (Wildman–Crippen LogP) is 2.88. The maximum atomic E-state index is 12.7. The van der Waals surface area contributed by atoms with E-state index in [2.05, 4.69) is 39.5 Å². The van der Waals surface area contributed by atoms with E-state index in [4.69, 9.17) is 0 Å². The first-order valence-electron chi connectivity index (χ1n) is 10.2. The molecule has 1 saturated heterocycles. The number of hydrogen-bond donors (Lipinski definition) is 1. The Morgan fingerprint density at radius 1 is 1.10 bits per heavy atom. The maximum Gasteiger partial charge on any atom is 0.289 e. The van der Waals surface area contributed by atoms with E-state index in [1.54, 1.807) is 0 Å². The molecule has 5 rings (SSSR count). The lowest BCUT2D eigenvalue weighted by Gasteiger charge is -2.25. The Kier molecular flexibility index (Phi) is 4.93. The van der Waals surface area contributed by atoms with Crippen LogP contribution in [0.5, 0.6) is 0 Å². The SMILES string of the molecule is Cc1ccc(CN2C[C@H]3Cc4nnc(C(=O)NCc5ccccc5)n4C[C@H]3C2)s1. The Morgan fingerprint density at radius 2 is 1.93 bits per heavy atom. The molecule has 0 saturated carbocycles. The summed E-state index contributed by atoms with van der Waals surface area (Å²) in [6.07, 6.45) is 0.906. The Labute approximate surface area is 174 Å². The van der Waals surface area contributed by atoms with Crippen LogP contribution in [0.3, 0.4) is 0 Å². The fraction of sp³-hybridized carbons (Fsp3) is 0.409. The smallest absolute Gasteiger partial charge is 0.289 e. The molecule has 0 bridgehead atoms. The number of hydrogen-bond acceptors (Lipinski definition) is 5. The molecule has 0 unspecified atom stereocenters. The van der Waals surface area contributed by atoms with Crippen molar-refractivity contribution in [3.05, 3.63) is 69.4 Å². The summed E-state index contributed by atoms with van der Waals surface area (Å²) in [6, 6.07) is 14.4. The number of thiophene rings is 1. The lowest BCUT2D eigenvalue weighted by Crippen LogP contribution is -2.32. The summed E-state index contributed by atoms with van der Waals surface area (Å²) in [5.74, 6) is 2.41. The van der Waals surface area contributed by atoms with Gasteiger partial charge >= 0.3 is 0 Å². The molecule has 2 aliphatic heterocycles. The zero-order valence-electron chi connectivity index (χ0n) is 16.5. The highest BCUT2D eigenvalue weighted by atomic mass is 32.1. The summed E-state index contributed by atoms with van der Waals surface area (Å²) in [6.45, 7) is 6.70. The molecule has 7 heteroatoms. The van der Waals surface area contributed by atoms with E-state index in [1.165, 1.54) is 9.75 Å². The van der Waals surface area contributed by atoms with Gasteiger partial charge in [-0.25, -0.2) is 0 Å². The second kappa shape index (κ2) is 7.72. The number of benzene rings is 1. The van der Waals surface area contributed by atoms with Gasteiger partial charge in [-0.15, -0.1) is 21.5 Å². The molecule has 2 aromatic heterocycles. The summed E-state index contributed by atoms with van der Waals surface area (Å²) in [5, 5.41) is 11.5. The highest BCUT2D eigenvalue weighted by Gasteiger charge is 2.39. The Bertz CT molecular complexity index is 1010. The molecule has 29 heavy (non-hydrogen) atoms. The van der Waals surface area contributed by atoms with Crippen molar-refractivity contribution >= 4 is 17.2 Å². The number of aryl methyl sites for hydroxylation is 1. The lowest BCUT2D eigenvalue weighted by molar-refractivity contribution is 0.0932. The van der Waals surface area contributed by atoms with Gasteiger partial charge in [0.05, 0.1) is 0 Å². The lowest BCUT2D eigenvalue weighted by atomic mass is 9.89. The molecule has 3 aromatic rings. The van der Waals surface area contributed by atoms with Crippen LogP contribution < -0.4 is 5.32 Å². The molecule has 1 fully saturated rings. The van der Waals surface area contributed by atoms with E-state index in [-0.39, 0.29) is 5.91 Å². The average Bonchev–Trinajstić information content (AvgIpc) is 3.43. The van der Waals surface area contributed by atoms with Crippen LogP contribution >= 0.6 is 11.3 Å². The Balaban J connectivity index is 1.24. The largest absolute Gasteiger partial charge is 0.345 e. The molecule has 2 atom stereocenters. The first-order chi connectivity index (χ1) is 14.2. The van der Waals surface area contributed by atoms with Crippen LogP contribution in [-0.4, -0.2) is 38.7 Å². The molecule has 0 spiro atoms. The second-order valence-corrected chi connectivity index (χ2v) is 9.52. The van der Waals surface area contributed by atoms with Gasteiger partial charge in [0.2, 0.25) is 5.82 Å². The van der Waals surface area contributed by atoms with Gasteiger partial charge < -0.3 is 9.88 Å². The van der Waals surface area contributed by atoms with Crippen molar-refractivity contribution in [3.8, 4) is 0 Å². The predicted molar refractivity (Wildman–Crippen MR) is 113 cm³/mol. The number of aromatic nitrogens is 3. The van der Waals surface area contributed by atoms with E-state index >= 15 is 0 Å². The summed E-state index contributed by atoms with van der Waals surface area (Å²) in [7, 11) is 0. The summed E-state index contributed by atoms with van der Waals surface area (Å²) in [4.78, 5) is 18.1. The van der Waals surface area contributed by atoms with Crippen molar-refractivity contribution in [1.82, 2.24) is 25.0 Å². The minimum atomic E-state index is -0.144. The minimum Gasteiger partial charge on any atom is -0.345 e. The first kappa shape index (κ1) is 18.5. The fourth-order valence-electron chi connectivity index (χ4n) is 4.57. The van der Waals surface area contributed by atoms with Crippen LogP contribution in [0.2, 0.25) is 0 Å². The van der Waals surface area contributed by atoms with Crippen molar-refractivity contribution in [2.75, 3.05) is 13.1 Å². The quantitative estimate of drug-likeness (QED) is 0.706. The van der Waals surface area contributed by atoms with Crippen molar-refractivity contribution in [1.29, 1.82) is 0 Å². The Hall–Kier alpha value is -2.51. The number of fused-ring (bicyclic) bond motifs is 2. The van der Waals surface area contributed by atoms with Gasteiger partial charge in [-0.05, 0) is 36.5 Å². The van der Waals surface area contributed by atoms with E-state index in [9.17, 15) is 4.79 Å². The number of nitrogens with one attached hydrogen (secondary N) is 1. The van der Waals surface area contributed by atoms with E-state index < -0.39 is 0 Å². The van der Waals surface area contributed by atoms with Crippen LogP contribution in [0.1, 0.15) is 31.8 Å². The average molecular weight is 408 g/mol. The molecule has 0 aliphatic carbocycles. The van der Waals surface area contributed by atoms with Crippen molar-refractivity contribution in [3.63, 3.8) is 0 Å². The van der Waals surface area contributed by atoms with E-state index in [0.29, 0.717) is 24.2 Å². The van der Waals surface area contributed by atoms with E-state index in [1.807, 2.05) is 46.2 Å². The molecule has 1 amide bonds. The molecule has 2 aliphatic rings. The third-order valence-electron chi connectivity index (χ3n) is 6.02. The van der Waals surface area contributed by atoms with Gasteiger partial charge in [0.25, 0.3) is 5.91 Å². The van der Waals surface area contributed by atoms with Crippen LogP contribution in [0.15, 0.2) is 42.5 Å². The topological polar surface area (TPSA) is 63.1 Å². The number of likely N-dealkylation sites (tertiary alicyclic amines) is 1. The molecular formula is C22H25N5OS. The third-order valence-corrected chi connectivity index (χ3v) is 7.00. The third kappa shape index (κ3) is 3.84. The highest BCUT2D eigenvalue weighted by Crippen LogP contribution is 2.33. The van der Waals surface area contributed by atoms with Crippen molar-refractivity contribution in [2.45, 2.75) is 33.0 Å². The zero-order valence-corrected chi connectivity index (χ0v) is 17.4. The fourth-order valence-corrected chi connectivity index (χ4v) is 5.50. The van der Waals surface area contributed by atoms with Crippen LogP contribution in [0, 0.1) is 18.8 Å². The van der Waals surface area contributed by atoms with Gasteiger partial charge in [-0.1, -0.05) is 30.3 Å². The summed E-state index contributed by atoms with van der Waals surface area (Å²) >= 11 is 1.88. The van der Waals surface area contributed by atoms with E-state index in [0.717, 1.165) is 44.0 Å². The van der Waals surface area contributed by atoms with Crippen LogP contribution in [-0.2, 0) is 26.1 Å². The monoisotopic (exact) mass is 407 g/mol. The number of nitrogens with zero attached hydrogens (tertiary/aromatic N) is 4. The van der Waals surface area contributed by atoms with Gasteiger partial charge in [0.15, 0.2) is 0 Å². The minimum absolute atomic E-state index is 0.144. The standard InChI is InChI=1S/C22H25N5OS/c1-15-7-8-19(29-15)14-26-11-17-9-20-24-25-21(27(20)13-18(17)12-26)22(28)23-10-16-5-3-2-4-6-16/h2-8,17-18H,9-14H2,1H3,(H,23,28)/t17-,18-/m1/s1. The normalized spacial score (nSPS) is 21.0. The van der Waals surface area contributed by atoms with Crippen LogP contribution in [0.25, 0.3) is 0 Å². The Morgan fingerprint density at radius 3 is 2.72 bits per heavy atom. The van der Waals surface area contributed by atoms with Gasteiger partial charge in [-0.2, -0.15) is 0 Å². The molecule has 150 valence electrons. The number of carbonyl (C=O) groups is 1.